The van der Waals surface area contributed by atoms with Crippen LogP contribution < -0.4 is 5.32 Å². The summed E-state index contributed by atoms with van der Waals surface area (Å²) in [5, 5.41) is 3.03. The monoisotopic (exact) mass is 313 g/mol. The maximum absolute atomic E-state index is 12.7. The molecule has 0 unspecified atom stereocenters. The van der Waals surface area contributed by atoms with Crippen LogP contribution in [0, 0.1) is 26.2 Å². The Hall–Kier alpha value is -2.03. The molecule has 2 aromatic rings. The molecule has 0 radical (unpaired) electrons. The van der Waals surface area contributed by atoms with Gasteiger partial charge >= 0.3 is 0 Å². The fourth-order valence-electron chi connectivity index (χ4n) is 2.66. The van der Waals surface area contributed by atoms with Crippen LogP contribution in [0.1, 0.15) is 54.6 Å². The van der Waals surface area contributed by atoms with E-state index in [0.717, 1.165) is 23.3 Å². The van der Waals surface area contributed by atoms with Gasteiger partial charge in [-0.05, 0) is 38.2 Å². The first kappa shape index (κ1) is 17.3. The molecular formula is C20H27NO2. The summed E-state index contributed by atoms with van der Waals surface area (Å²) in [6.45, 7) is 13.0. The number of nitrogens with one attached hydrogen (secondary N) is 1. The van der Waals surface area contributed by atoms with Crippen LogP contribution in [0.25, 0.3) is 11.1 Å². The van der Waals surface area contributed by atoms with Gasteiger partial charge in [0, 0.05) is 12.1 Å². The Morgan fingerprint density at radius 2 is 1.65 bits per heavy atom. The second kappa shape index (κ2) is 6.61. The lowest BCUT2D eigenvalue weighted by Gasteiger charge is -2.18. The van der Waals surface area contributed by atoms with Crippen molar-refractivity contribution in [3.63, 3.8) is 0 Å². The summed E-state index contributed by atoms with van der Waals surface area (Å²) in [5.41, 5.74) is 3.97. The molecular weight excluding hydrogens is 286 g/mol. The molecule has 1 amide bonds. The topological polar surface area (TPSA) is 42.2 Å². The molecule has 0 aliphatic heterocycles. The maximum atomic E-state index is 12.7. The summed E-state index contributed by atoms with van der Waals surface area (Å²) in [6, 6.07) is 8.19. The molecule has 1 aromatic carbocycles. The lowest BCUT2D eigenvalue weighted by molar-refractivity contribution is 0.0948. The van der Waals surface area contributed by atoms with Crippen LogP contribution in [0.2, 0.25) is 0 Å². The highest BCUT2D eigenvalue weighted by Gasteiger charge is 2.22. The summed E-state index contributed by atoms with van der Waals surface area (Å²) in [6.07, 6.45) is 0.939. The molecule has 0 aliphatic rings. The van der Waals surface area contributed by atoms with Crippen molar-refractivity contribution in [3.05, 3.63) is 46.9 Å². The van der Waals surface area contributed by atoms with Crippen LogP contribution >= 0.6 is 0 Å². The largest absolute Gasteiger partial charge is 0.465 e. The van der Waals surface area contributed by atoms with Crippen molar-refractivity contribution in [2.45, 2.75) is 48.0 Å². The average molecular weight is 313 g/mol. The molecule has 3 nitrogen and oxygen atoms in total. The molecule has 0 bridgehead atoms. The number of benzene rings is 1. The van der Waals surface area contributed by atoms with E-state index in [4.69, 9.17) is 4.42 Å². The van der Waals surface area contributed by atoms with Crippen molar-refractivity contribution < 1.29 is 9.21 Å². The van der Waals surface area contributed by atoms with Gasteiger partial charge in [-0.3, -0.25) is 4.79 Å². The molecule has 1 aromatic heterocycles. The van der Waals surface area contributed by atoms with Gasteiger partial charge in [0.05, 0.1) is 5.56 Å². The molecule has 124 valence electrons. The lowest BCUT2D eigenvalue weighted by Crippen LogP contribution is -2.27. The highest BCUT2D eigenvalue weighted by molar-refractivity contribution is 6.02. The molecule has 2 rings (SSSR count). The Morgan fingerprint density at radius 3 is 2.22 bits per heavy atom. The van der Waals surface area contributed by atoms with E-state index in [-0.39, 0.29) is 11.3 Å². The van der Waals surface area contributed by atoms with Crippen LogP contribution in [0.3, 0.4) is 0 Å². The second-order valence-corrected chi connectivity index (χ2v) is 7.40. The quantitative estimate of drug-likeness (QED) is 0.859. The summed E-state index contributed by atoms with van der Waals surface area (Å²) in [7, 11) is 0. The minimum absolute atomic E-state index is 0.0563. The Bertz CT molecular complexity index is 688. The Morgan fingerprint density at radius 1 is 1.04 bits per heavy atom. The van der Waals surface area contributed by atoms with Crippen molar-refractivity contribution >= 4 is 5.91 Å². The summed E-state index contributed by atoms with van der Waals surface area (Å²) in [4.78, 5) is 12.7. The first-order chi connectivity index (χ1) is 10.7. The number of rotatable bonds is 4. The van der Waals surface area contributed by atoms with E-state index in [1.165, 1.54) is 5.56 Å². The van der Waals surface area contributed by atoms with Gasteiger partial charge < -0.3 is 9.73 Å². The van der Waals surface area contributed by atoms with E-state index in [9.17, 15) is 4.79 Å². The molecule has 0 aliphatic carbocycles. The van der Waals surface area contributed by atoms with Gasteiger partial charge in [0.25, 0.3) is 5.91 Å². The highest BCUT2D eigenvalue weighted by atomic mass is 16.3. The van der Waals surface area contributed by atoms with Gasteiger partial charge in [0.1, 0.15) is 11.5 Å². The van der Waals surface area contributed by atoms with Crippen LogP contribution in [0.4, 0.5) is 0 Å². The van der Waals surface area contributed by atoms with Crippen LogP contribution in [0.5, 0.6) is 0 Å². The minimum Gasteiger partial charge on any atom is -0.465 e. The zero-order chi connectivity index (χ0) is 17.2. The van der Waals surface area contributed by atoms with E-state index in [1.807, 2.05) is 26.0 Å². The third kappa shape index (κ3) is 4.25. The SMILES string of the molecule is Cc1ccc(-c2c(C)oc(C)c2C(=O)NCCC(C)(C)C)cc1. The minimum atomic E-state index is -0.0563. The number of carbonyl (C=O) groups excluding carboxylic acids is 1. The molecule has 0 atom stereocenters. The van der Waals surface area contributed by atoms with Crippen LogP contribution in [-0.4, -0.2) is 12.5 Å². The van der Waals surface area contributed by atoms with Gasteiger partial charge in [0.2, 0.25) is 0 Å². The Labute approximate surface area is 139 Å². The fourth-order valence-corrected chi connectivity index (χ4v) is 2.66. The van der Waals surface area contributed by atoms with Gasteiger partial charge in [-0.15, -0.1) is 0 Å². The smallest absolute Gasteiger partial charge is 0.255 e. The van der Waals surface area contributed by atoms with Crippen molar-refractivity contribution in [2.75, 3.05) is 6.54 Å². The van der Waals surface area contributed by atoms with Crippen LogP contribution in [0.15, 0.2) is 28.7 Å². The summed E-state index contributed by atoms with van der Waals surface area (Å²) < 4.78 is 5.74. The molecule has 1 N–H and O–H groups in total. The number of hydrogen-bond donors (Lipinski definition) is 1. The average Bonchev–Trinajstić information content (AvgIpc) is 2.73. The van der Waals surface area contributed by atoms with Gasteiger partial charge in [0.15, 0.2) is 0 Å². The summed E-state index contributed by atoms with van der Waals surface area (Å²) >= 11 is 0. The van der Waals surface area contributed by atoms with Gasteiger partial charge in [-0.25, -0.2) is 0 Å². The zero-order valence-corrected chi connectivity index (χ0v) is 15.0. The molecule has 23 heavy (non-hydrogen) atoms. The van der Waals surface area contributed by atoms with Gasteiger partial charge in [-0.2, -0.15) is 0 Å². The third-order valence-electron chi connectivity index (χ3n) is 3.99. The number of furan rings is 1. The number of aryl methyl sites for hydroxylation is 3. The summed E-state index contributed by atoms with van der Waals surface area (Å²) in [5.74, 6) is 1.40. The number of amides is 1. The highest BCUT2D eigenvalue weighted by Crippen LogP contribution is 2.32. The molecule has 0 saturated heterocycles. The molecule has 0 fully saturated rings. The second-order valence-electron chi connectivity index (χ2n) is 7.40. The van der Waals surface area contributed by atoms with Gasteiger partial charge in [-0.1, -0.05) is 50.6 Å². The van der Waals surface area contributed by atoms with Crippen molar-refractivity contribution in [1.82, 2.24) is 5.32 Å². The van der Waals surface area contributed by atoms with E-state index in [0.29, 0.717) is 17.9 Å². The van der Waals surface area contributed by atoms with E-state index in [1.54, 1.807) is 0 Å². The van der Waals surface area contributed by atoms with E-state index in [2.05, 4.69) is 45.1 Å². The Balaban J connectivity index is 2.28. The van der Waals surface area contributed by atoms with Crippen molar-refractivity contribution in [3.8, 4) is 11.1 Å². The first-order valence-corrected chi connectivity index (χ1v) is 8.14. The normalized spacial score (nSPS) is 11.6. The third-order valence-corrected chi connectivity index (χ3v) is 3.99. The fraction of sp³-hybridized carbons (Fsp3) is 0.450. The Kier molecular flexibility index (Phi) is 4.98. The molecule has 1 heterocycles. The van der Waals surface area contributed by atoms with Crippen LogP contribution in [-0.2, 0) is 0 Å². The molecule has 3 heteroatoms. The number of carbonyl (C=O) groups is 1. The van der Waals surface area contributed by atoms with E-state index >= 15 is 0 Å². The predicted octanol–water partition coefficient (Wildman–Crippen LogP) is 5.04. The van der Waals surface area contributed by atoms with Crippen molar-refractivity contribution in [2.24, 2.45) is 5.41 Å². The maximum Gasteiger partial charge on any atom is 0.255 e. The standard InChI is InChI=1S/C20H27NO2/c1-13-7-9-16(10-8-13)17-14(2)23-15(3)18(17)19(22)21-12-11-20(4,5)6/h7-10H,11-12H2,1-6H3,(H,21,22). The predicted molar refractivity (Wildman–Crippen MR) is 94.8 cm³/mol. The number of hydrogen-bond acceptors (Lipinski definition) is 2. The van der Waals surface area contributed by atoms with E-state index < -0.39 is 0 Å². The zero-order valence-electron chi connectivity index (χ0n) is 15.0. The van der Waals surface area contributed by atoms with Crippen molar-refractivity contribution in [1.29, 1.82) is 0 Å². The lowest BCUT2D eigenvalue weighted by atomic mass is 9.92. The molecule has 0 saturated carbocycles. The first-order valence-electron chi connectivity index (χ1n) is 8.14. The molecule has 0 spiro atoms.